The summed E-state index contributed by atoms with van der Waals surface area (Å²) in [4.78, 5) is 9.82. The van der Waals surface area contributed by atoms with Crippen LogP contribution in [0, 0.1) is 0 Å². The second-order valence-corrected chi connectivity index (χ2v) is 2.08. The molecule has 0 aliphatic rings. The molecular weight excluding hydrogens is 176 g/mol. The maximum Gasteiger partial charge on any atom is 0.302 e. The predicted octanol–water partition coefficient (Wildman–Crippen LogP) is 3.28. The van der Waals surface area contributed by atoms with Crippen molar-refractivity contribution in [3.8, 4) is 0 Å². The van der Waals surface area contributed by atoms with E-state index in [0.717, 1.165) is 0 Å². The van der Waals surface area contributed by atoms with Crippen molar-refractivity contribution in [3.63, 3.8) is 0 Å². The normalized spacial score (nSPS) is 7.14. The molecule has 0 heterocycles. The summed E-state index contributed by atoms with van der Waals surface area (Å²) in [6, 6.07) is 12.0. The van der Waals surface area contributed by atoms with Crippen molar-refractivity contribution < 1.29 is 9.53 Å². The van der Waals surface area contributed by atoms with Gasteiger partial charge in [-0.3, -0.25) is 4.79 Å². The molecule has 0 saturated carbocycles. The number of rotatable bonds is 1. The van der Waals surface area contributed by atoms with Gasteiger partial charge in [-0.1, -0.05) is 50.2 Å². The van der Waals surface area contributed by atoms with E-state index >= 15 is 0 Å². The van der Waals surface area contributed by atoms with E-state index in [9.17, 15) is 4.79 Å². The van der Waals surface area contributed by atoms with Crippen molar-refractivity contribution in [2.75, 3.05) is 6.61 Å². The lowest BCUT2D eigenvalue weighted by atomic mass is 10.4. The van der Waals surface area contributed by atoms with Crippen LogP contribution in [0.2, 0.25) is 0 Å². The van der Waals surface area contributed by atoms with Crippen molar-refractivity contribution >= 4 is 5.97 Å². The van der Waals surface area contributed by atoms with Crippen LogP contribution in [-0.4, -0.2) is 12.6 Å². The third kappa shape index (κ3) is 17.0. The highest BCUT2D eigenvalue weighted by molar-refractivity contribution is 5.65. The van der Waals surface area contributed by atoms with Crippen LogP contribution < -0.4 is 0 Å². The summed E-state index contributed by atoms with van der Waals surface area (Å²) in [5.41, 5.74) is 0. The minimum absolute atomic E-state index is 0.211. The van der Waals surface area contributed by atoms with Gasteiger partial charge in [0.25, 0.3) is 0 Å². The number of carbonyl (C=O) groups is 1. The van der Waals surface area contributed by atoms with Crippen LogP contribution in [0.3, 0.4) is 0 Å². The second-order valence-electron chi connectivity index (χ2n) is 2.08. The van der Waals surface area contributed by atoms with Gasteiger partial charge in [-0.2, -0.15) is 0 Å². The first kappa shape index (κ1) is 15.2. The Labute approximate surface area is 86.9 Å². The van der Waals surface area contributed by atoms with Gasteiger partial charge in [-0.05, 0) is 6.92 Å². The van der Waals surface area contributed by atoms with Crippen LogP contribution >= 0.6 is 0 Å². The van der Waals surface area contributed by atoms with E-state index in [4.69, 9.17) is 0 Å². The molecule has 0 aromatic heterocycles. The average molecular weight is 196 g/mol. The van der Waals surface area contributed by atoms with Gasteiger partial charge < -0.3 is 4.74 Å². The van der Waals surface area contributed by atoms with Crippen molar-refractivity contribution in [1.82, 2.24) is 0 Å². The van der Waals surface area contributed by atoms with Crippen molar-refractivity contribution in [3.05, 3.63) is 36.4 Å². The highest BCUT2D eigenvalue weighted by Crippen LogP contribution is 1.79. The third-order valence-corrected chi connectivity index (χ3v) is 1.01. The minimum Gasteiger partial charge on any atom is -0.466 e. The van der Waals surface area contributed by atoms with Crippen LogP contribution in [0.5, 0.6) is 0 Å². The molecule has 1 aromatic rings. The van der Waals surface area contributed by atoms with E-state index in [1.165, 1.54) is 6.92 Å². The Bertz CT molecular complexity index is 168. The van der Waals surface area contributed by atoms with Crippen LogP contribution in [0.15, 0.2) is 36.4 Å². The van der Waals surface area contributed by atoms with Gasteiger partial charge in [-0.15, -0.1) is 0 Å². The van der Waals surface area contributed by atoms with E-state index in [1.54, 1.807) is 6.92 Å². The maximum absolute atomic E-state index is 9.82. The quantitative estimate of drug-likeness (QED) is 0.644. The van der Waals surface area contributed by atoms with Gasteiger partial charge in [0.1, 0.15) is 0 Å². The summed E-state index contributed by atoms with van der Waals surface area (Å²) in [6.07, 6.45) is 0. The summed E-state index contributed by atoms with van der Waals surface area (Å²) in [6.45, 7) is 7.65. The largest absolute Gasteiger partial charge is 0.466 e. The minimum atomic E-state index is -0.211. The Hall–Kier alpha value is -1.31. The summed E-state index contributed by atoms with van der Waals surface area (Å²) in [5.74, 6) is -0.211. The number of hydrogen-bond donors (Lipinski definition) is 0. The third-order valence-electron chi connectivity index (χ3n) is 1.01. The maximum atomic E-state index is 9.82. The molecule has 0 spiro atoms. The SMILES string of the molecule is CC.CCOC(C)=O.c1ccccc1. The fourth-order valence-corrected chi connectivity index (χ4v) is 0.588. The molecule has 0 amide bonds. The van der Waals surface area contributed by atoms with E-state index in [2.05, 4.69) is 4.74 Å². The molecular formula is C12H20O2. The number of benzene rings is 1. The highest BCUT2D eigenvalue weighted by Gasteiger charge is 1.81. The fourth-order valence-electron chi connectivity index (χ4n) is 0.588. The molecule has 0 N–H and O–H groups in total. The molecule has 0 fully saturated rings. The lowest BCUT2D eigenvalue weighted by molar-refractivity contribution is -0.140. The second kappa shape index (κ2) is 14.2. The summed E-state index contributed by atoms with van der Waals surface area (Å²) >= 11 is 0. The number of carbonyl (C=O) groups excluding carboxylic acids is 1. The van der Waals surface area contributed by atoms with Gasteiger partial charge in [0.2, 0.25) is 0 Å². The van der Waals surface area contributed by atoms with E-state index in [1.807, 2.05) is 50.2 Å². The zero-order valence-electron chi connectivity index (χ0n) is 9.49. The van der Waals surface area contributed by atoms with Crippen molar-refractivity contribution in [1.29, 1.82) is 0 Å². The molecule has 0 aliphatic carbocycles. The predicted molar refractivity (Wildman–Crippen MR) is 60.1 cm³/mol. The Morgan fingerprint density at radius 3 is 1.36 bits per heavy atom. The van der Waals surface area contributed by atoms with Crippen LogP contribution in [0.25, 0.3) is 0 Å². The van der Waals surface area contributed by atoms with E-state index in [0.29, 0.717) is 6.61 Å². The van der Waals surface area contributed by atoms with Crippen molar-refractivity contribution in [2.45, 2.75) is 27.7 Å². The van der Waals surface area contributed by atoms with Gasteiger partial charge in [0.05, 0.1) is 6.61 Å². The molecule has 0 saturated heterocycles. The summed E-state index contributed by atoms with van der Waals surface area (Å²) in [5, 5.41) is 0. The fraction of sp³-hybridized carbons (Fsp3) is 0.417. The molecule has 0 bridgehead atoms. The number of esters is 1. The highest BCUT2D eigenvalue weighted by atomic mass is 16.5. The number of hydrogen-bond acceptors (Lipinski definition) is 2. The Morgan fingerprint density at radius 2 is 1.29 bits per heavy atom. The molecule has 0 atom stereocenters. The lowest BCUT2D eigenvalue weighted by Gasteiger charge is -1.89. The van der Waals surface area contributed by atoms with Crippen molar-refractivity contribution in [2.24, 2.45) is 0 Å². The number of ether oxygens (including phenoxy) is 1. The zero-order valence-corrected chi connectivity index (χ0v) is 9.49. The van der Waals surface area contributed by atoms with Gasteiger partial charge in [-0.25, -0.2) is 0 Å². The van der Waals surface area contributed by atoms with Crippen LogP contribution in [0.1, 0.15) is 27.7 Å². The first-order chi connectivity index (χ1) is 6.77. The van der Waals surface area contributed by atoms with E-state index in [-0.39, 0.29) is 5.97 Å². The molecule has 14 heavy (non-hydrogen) atoms. The topological polar surface area (TPSA) is 26.3 Å². The molecule has 1 aromatic carbocycles. The average Bonchev–Trinajstić information content (AvgIpc) is 2.24. The molecule has 2 heteroatoms. The molecule has 1 rings (SSSR count). The monoisotopic (exact) mass is 196 g/mol. The van der Waals surface area contributed by atoms with Crippen LogP contribution in [0.4, 0.5) is 0 Å². The Balaban J connectivity index is 0. The van der Waals surface area contributed by atoms with Crippen LogP contribution in [-0.2, 0) is 9.53 Å². The first-order valence-corrected chi connectivity index (χ1v) is 4.90. The Morgan fingerprint density at radius 1 is 1.00 bits per heavy atom. The van der Waals surface area contributed by atoms with E-state index < -0.39 is 0 Å². The van der Waals surface area contributed by atoms with Gasteiger partial charge in [0, 0.05) is 6.92 Å². The molecule has 2 nitrogen and oxygen atoms in total. The van der Waals surface area contributed by atoms with Gasteiger partial charge in [0.15, 0.2) is 0 Å². The lowest BCUT2D eigenvalue weighted by Crippen LogP contribution is -1.95. The van der Waals surface area contributed by atoms with Gasteiger partial charge >= 0.3 is 5.97 Å². The smallest absolute Gasteiger partial charge is 0.302 e. The molecule has 80 valence electrons. The molecule has 0 aliphatic heterocycles. The molecule has 0 unspecified atom stereocenters. The zero-order chi connectivity index (χ0) is 11.2. The summed E-state index contributed by atoms with van der Waals surface area (Å²) < 4.78 is 4.40. The first-order valence-electron chi connectivity index (χ1n) is 4.90. The standard InChI is InChI=1S/C6H6.C4H8O2.C2H6/c1-2-4-6-5-3-1;1-3-6-4(2)5;1-2/h1-6H;3H2,1-2H3;1-2H3. The Kier molecular flexibility index (Phi) is 15.4. The molecule has 0 radical (unpaired) electrons. The summed E-state index contributed by atoms with van der Waals surface area (Å²) in [7, 11) is 0.